The molecule has 0 spiro atoms. The average molecular weight is 449 g/mol. The van der Waals surface area contributed by atoms with Crippen LogP contribution < -0.4 is 24.8 Å². The molecule has 0 saturated carbocycles. The highest BCUT2D eigenvalue weighted by Gasteiger charge is 2.14. The molecule has 0 fully saturated rings. The lowest BCUT2D eigenvalue weighted by atomic mass is 10.2. The molecule has 2 N–H and O–H groups in total. The van der Waals surface area contributed by atoms with Crippen molar-refractivity contribution in [3.05, 3.63) is 97.1 Å². The van der Waals surface area contributed by atoms with Crippen LogP contribution in [0.5, 0.6) is 17.2 Å². The van der Waals surface area contributed by atoms with Crippen LogP contribution >= 0.6 is 12.2 Å². The van der Waals surface area contributed by atoms with Crippen LogP contribution in [0.2, 0.25) is 0 Å². The van der Waals surface area contributed by atoms with Crippen LogP contribution in [-0.4, -0.2) is 30.8 Å². The monoisotopic (exact) mass is 448 g/mol. The summed E-state index contributed by atoms with van der Waals surface area (Å²) < 4.78 is 16.8. The van der Waals surface area contributed by atoms with Crippen molar-refractivity contribution in [2.45, 2.75) is 0 Å². The molecule has 0 atom stereocenters. The number of thiocarbonyl (C=S) groups is 1. The molecule has 0 bridgehead atoms. The molecule has 0 unspecified atom stereocenters. The Bertz CT molecular complexity index is 1040. The molecule has 6 nitrogen and oxygen atoms in total. The van der Waals surface area contributed by atoms with Crippen molar-refractivity contribution >= 4 is 28.9 Å². The molecule has 3 aromatic carbocycles. The molecular formula is C25H24N2O4S. The van der Waals surface area contributed by atoms with Gasteiger partial charge >= 0.3 is 0 Å². The van der Waals surface area contributed by atoms with E-state index in [1.807, 2.05) is 30.3 Å². The van der Waals surface area contributed by atoms with Gasteiger partial charge in [-0.2, -0.15) is 0 Å². The number of amides is 1. The van der Waals surface area contributed by atoms with Crippen molar-refractivity contribution in [1.82, 2.24) is 5.32 Å². The van der Waals surface area contributed by atoms with Crippen molar-refractivity contribution in [3.8, 4) is 17.2 Å². The second-order valence-corrected chi connectivity index (χ2v) is 6.95. The van der Waals surface area contributed by atoms with Gasteiger partial charge in [-0.15, -0.1) is 0 Å². The zero-order chi connectivity index (χ0) is 22.6. The molecule has 0 saturated heterocycles. The van der Waals surface area contributed by atoms with Gasteiger partial charge in [0.05, 0.1) is 5.56 Å². The van der Waals surface area contributed by atoms with Crippen molar-refractivity contribution in [3.63, 3.8) is 0 Å². The number of anilines is 1. The fourth-order valence-corrected chi connectivity index (χ4v) is 2.94. The van der Waals surface area contributed by atoms with Gasteiger partial charge in [0.25, 0.3) is 5.91 Å². The van der Waals surface area contributed by atoms with Crippen LogP contribution in [-0.2, 0) is 0 Å². The first-order valence-electron chi connectivity index (χ1n) is 10.0. The summed E-state index contributed by atoms with van der Waals surface area (Å²) in [5.41, 5.74) is 1.10. The fraction of sp³-hybridized carbons (Fsp3) is 0.120. The van der Waals surface area contributed by atoms with Crippen LogP contribution in [0.15, 0.2) is 91.5 Å². The summed E-state index contributed by atoms with van der Waals surface area (Å²) in [7, 11) is 0. The molecule has 0 aliphatic heterocycles. The van der Waals surface area contributed by atoms with E-state index >= 15 is 0 Å². The highest BCUT2D eigenvalue weighted by atomic mass is 32.1. The lowest BCUT2D eigenvalue weighted by molar-refractivity contribution is 0.0972. The third-order valence-electron chi connectivity index (χ3n) is 4.19. The Balaban J connectivity index is 1.51. The van der Waals surface area contributed by atoms with E-state index in [-0.39, 0.29) is 11.0 Å². The molecule has 0 aliphatic rings. The standard InChI is InChI=1S/C25H24N2O4S/c1-2-16-29-21-14-12-19(13-15-21)26-25(32)27-24(28)22-10-6-7-11-23(22)31-18-17-30-20-8-4-3-5-9-20/h2-15H,1,16-18H2,(H2,26,27,28,32). The molecule has 0 radical (unpaired) electrons. The Morgan fingerprint density at radius 1 is 0.844 bits per heavy atom. The number of hydrogen-bond donors (Lipinski definition) is 2. The number of rotatable bonds is 10. The van der Waals surface area contributed by atoms with Gasteiger partial charge in [0.2, 0.25) is 0 Å². The average Bonchev–Trinajstić information content (AvgIpc) is 2.82. The first-order valence-corrected chi connectivity index (χ1v) is 10.4. The van der Waals surface area contributed by atoms with E-state index in [4.69, 9.17) is 26.4 Å². The minimum Gasteiger partial charge on any atom is -0.490 e. The smallest absolute Gasteiger partial charge is 0.261 e. The Kier molecular flexibility index (Phi) is 8.65. The minimum atomic E-state index is -0.368. The summed E-state index contributed by atoms with van der Waals surface area (Å²) in [5.74, 6) is 1.56. The second-order valence-electron chi connectivity index (χ2n) is 6.54. The SMILES string of the molecule is C=CCOc1ccc(NC(=S)NC(=O)c2ccccc2OCCOc2ccccc2)cc1. The van der Waals surface area contributed by atoms with Crippen LogP contribution in [0.4, 0.5) is 5.69 Å². The maximum atomic E-state index is 12.7. The zero-order valence-corrected chi connectivity index (χ0v) is 18.3. The van der Waals surface area contributed by atoms with Gasteiger partial charge in [0.15, 0.2) is 5.11 Å². The van der Waals surface area contributed by atoms with Gasteiger partial charge < -0.3 is 19.5 Å². The topological polar surface area (TPSA) is 68.8 Å². The minimum absolute atomic E-state index is 0.178. The summed E-state index contributed by atoms with van der Waals surface area (Å²) >= 11 is 5.27. The van der Waals surface area contributed by atoms with Gasteiger partial charge in [-0.3, -0.25) is 10.1 Å². The zero-order valence-electron chi connectivity index (χ0n) is 17.5. The largest absolute Gasteiger partial charge is 0.490 e. The molecule has 0 heterocycles. The van der Waals surface area contributed by atoms with Crippen molar-refractivity contribution < 1.29 is 19.0 Å². The molecular weight excluding hydrogens is 424 g/mol. The predicted octanol–water partition coefficient (Wildman–Crippen LogP) is 4.84. The second kappa shape index (κ2) is 12.1. The Morgan fingerprint density at radius 3 is 2.25 bits per heavy atom. The third kappa shape index (κ3) is 7.14. The lowest BCUT2D eigenvalue weighted by Gasteiger charge is -2.13. The molecule has 1 amide bonds. The molecule has 3 rings (SSSR count). The molecule has 7 heteroatoms. The molecule has 164 valence electrons. The maximum absolute atomic E-state index is 12.7. The first-order chi connectivity index (χ1) is 15.7. The fourth-order valence-electron chi connectivity index (χ4n) is 2.73. The number of ether oxygens (including phenoxy) is 3. The summed E-state index contributed by atoms with van der Waals surface area (Å²) in [5, 5.41) is 5.83. The Hall–Kier alpha value is -3.84. The number of carbonyl (C=O) groups is 1. The van der Waals surface area contributed by atoms with Crippen molar-refractivity contribution in [1.29, 1.82) is 0 Å². The van der Waals surface area contributed by atoms with Gasteiger partial charge in [-0.05, 0) is 60.7 Å². The van der Waals surface area contributed by atoms with Crippen LogP contribution in [0.25, 0.3) is 0 Å². The van der Waals surface area contributed by atoms with Crippen LogP contribution in [0, 0.1) is 0 Å². The van der Waals surface area contributed by atoms with E-state index in [0.29, 0.717) is 36.9 Å². The Labute approximate surface area is 192 Å². The highest BCUT2D eigenvalue weighted by molar-refractivity contribution is 7.80. The van der Waals surface area contributed by atoms with E-state index in [1.165, 1.54) is 0 Å². The highest BCUT2D eigenvalue weighted by Crippen LogP contribution is 2.19. The number of hydrogen-bond acceptors (Lipinski definition) is 5. The number of carbonyl (C=O) groups excluding carboxylic acids is 1. The Morgan fingerprint density at radius 2 is 1.50 bits per heavy atom. The van der Waals surface area contributed by atoms with Crippen LogP contribution in [0.3, 0.4) is 0 Å². The van der Waals surface area contributed by atoms with Gasteiger partial charge in [-0.1, -0.05) is 43.0 Å². The van der Waals surface area contributed by atoms with Gasteiger partial charge in [0, 0.05) is 5.69 Å². The number of para-hydroxylation sites is 2. The van der Waals surface area contributed by atoms with E-state index < -0.39 is 0 Å². The van der Waals surface area contributed by atoms with E-state index in [1.54, 1.807) is 54.6 Å². The van der Waals surface area contributed by atoms with Gasteiger partial charge in [0.1, 0.15) is 37.1 Å². The van der Waals surface area contributed by atoms with E-state index in [9.17, 15) is 4.79 Å². The summed E-state index contributed by atoms with van der Waals surface area (Å²) in [6, 6.07) is 23.7. The van der Waals surface area contributed by atoms with Gasteiger partial charge in [-0.25, -0.2) is 0 Å². The first kappa shape index (κ1) is 22.8. The predicted molar refractivity (Wildman–Crippen MR) is 130 cm³/mol. The third-order valence-corrected chi connectivity index (χ3v) is 4.40. The van der Waals surface area contributed by atoms with E-state index in [0.717, 1.165) is 11.4 Å². The van der Waals surface area contributed by atoms with Crippen molar-refractivity contribution in [2.75, 3.05) is 25.1 Å². The number of benzene rings is 3. The molecule has 0 aliphatic carbocycles. The van der Waals surface area contributed by atoms with Crippen LogP contribution in [0.1, 0.15) is 10.4 Å². The summed E-state index contributed by atoms with van der Waals surface area (Å²) in [6.07, 6.45) is 1.68. The number of nitrogens with one attached hydrogen (secondary N) is 2. The molecule has 0 aromatic heterocycles. The van der Waals surface area contributed by atoms with E-state index in [2.05, 4.69) is 17.2 Å². The molecule has 3 aromatic rings. The normalized spacial score (nSPS) is 10.0. The molecule has 32 heavy (non-hydrogen) atoms. The summed E-state index contributed by atoms with van der Waals surface area (Å²) in [4.78, 5) is 12.7. The quantitative estimate of drug-likeness (QED) is 0.263. The maximum Gasteiger partial charge on any atom is 0.261 e. The summed E-state index contributed by atoms with van der Waals surface area (Å²) in [6.45, 7) is 4.69. The van der Waals surface area contributed by atoms with Crippen molar-refractivity contribution in [2.24, 2.45) is 0 Å². The lowest BCUT2D eigenvalue weighted by Crippen LogP contribution is -2.34.